The summed E-state index contributed by atoms with van der Waals surface area (Å²) in [7, 11) is 0. The molecule has 8 nitrogen and oxygen atoms in total. The van der Waals surface area contributed by atoms with Crippen molar-refractivity contribution >= 4 is 94.1 Å². The minimum atomic E-state index is -0.222. The van der Waals surface area contributed by atoms with Gasteiger partial charge in [-0.2, -0.15) is 0 Å². The Bertz CT molecular complexity index is 4590. The third-order valence-electron chi connectivity index (χ3n) is 24.3. The van der Waals surface area contributed by atoms with Crippen LogP contribution in [0.5, 0.6) is 46.0 Å². The molecule has 0 saturated heterocycles. The molecule has 652 valence electrons. The highest BCUT2D eigenvalue weighted by Gasteiger charge is 2.36. The molecule has 0 unspecified atom stereocenters. The van der Waals surface area contributed by atoms with Crippen molar-refractivity contribution in [2.45, 2.75) is 287 Å². The Balaban J connectivity index is 0.815. The van der Waals surface area contributed by atoms with Gasteiger partial charge in [-0.1, -0.05) is 310 Å². The van der Waals surface area contributed by atoms with E-state index in [9.17, 15) is 20.4 Å². The number of phenols is 4. The van der Waals surface area contributed by atoms with E-state index in [-0.39, 0.29) is 43.3 Å². The van der Waals surface area contributed by atoms with Gasteiger partial charge in [0.1, 0.15) is 46.0 Å². The number of ether oxygens (including phenoxy) is 4. The molecule has 20 bridgehead atoms. The van der Waals surface area contributed by atoms with Gasteiger partial charge in [-0.15, -0.1) is 47.0 Å². The summed E-state index contributed by atoms with van der Waals surface area (Å²) in [4.78, 5) is 0. The molecular weight excluding hydrogens is 1660 g/mol. The van der Waals surface area contributed by atoms with Gasteiger partial charge in [0.15, 0.2) is 0 Å². The molecule has 8 aromatic rings. The van der Waals surface area contributed by atoms with E-state index in [1.165, 1.54) is 69.9 Å². The molecule has 0 spiro atoms. The van der Waals surface area contributed by atoms with Crippen molar-refractivity contribution < 1.29 is 39.4 Å². The van der Waals surface area contributed by atoms with Crippen LogP contribution in [0.2, 0.25) is 0 Å². The zero-order valence-corrected chi connectivity index (χ0v) is 83.6. The predicted molar refractivity (Wildman–Crippen MR) is 532 cm³/mol. The average Bonchev–Trinajstić information content (AvgIpc) is 1.08. The number of fused-ring (bicyclic) bond motifs is 16. The van der Waals surface area contributed by atoms with Crippen molar-refractivity contribution in [3.05, 3.63) is 256 Å². The van der Waals surface area contributed by atoms with Crippen molar-refractivity contribution in [1.29, 1.82) is 0 Å². The lowest BCUT2D eigenvalue weighted by Crippen LogP contribution is -2.17. The molecule has 6 heterocycles. The van der Waals surface area contributed by atoms with Crippen molar-refractivity contribution in [3.63, 3.8) is 0 Å². The van der Waals surface area contributed by atoms with Crippen LogP contribution in [0, 0.1) is 0 Å². The lowest BCUT2D eigenvalue weighted by Gasteiger charge is -2.28. The largest absolute Gasteiger partial charge is 0.507 e. The Kier molecular flexibility index (Phi) is 27.3. The molecule has 122 heavy (non-hydrogen) atoms. The zero-order chi connectivity index (χ0) is 87.9. The fourth-order valence-corrected chi connectivity index (χ4v) is 28.6. The van der Waals surface area contributed by atoms with Crippen LogP contribution in [-0.2, 0) is 94.7 Å². The Morgan fingerprint density at radius 3 is 0.459 bits per heavy atom. The maximum absolute atomic E-state index is 13.0. The number of rotatable bonds is 0. The fourth-order valence-electron chi connectivity index (χ4n) is 16.7. The first kappa shape index (κ1) is 92.4. The summed E-state index contributed by atoms with van der Waals surface area (Å²) in [6, 6.07) is 36.6. The molecule has 0 saturated carbocycles. The predicted octanol–water partition coefficient (Wildman–Crippen LogP) is 29.3. The number of thioether (sulfide) groups is 8. The van der Waals surface area contributed by atoms with E-state index in [4.69, 9.17) is 18.9 Å². The Morgan fingerprint density at radius 1 is 0.197 bits per heavy atom. The van der Waals surface area contributed by atoms with Gasteiger partial charge >= 0.3 is 0 Å². The summed E-state index contributed by atoms with van der Waals surface area (Å²) in [5, 5.41) is 52.0. The van der Waals surface area contributed by atoms with Gasteiger partial charge in [0, 0.05) is 74.4 Å². The average molecular weight is 1790 g/mol. The van der Waals surface area contributed by atoms with Crippen molar-refractivity contribution in [2.75, 3.05) is 49.4 Å². The molecule has 0 atom stereocenters. The van der Waals surface area contributed by atoms with Gasteiger partial charge in [-0.3, -0.25) is 0 Å². The standard InChI is InChI=1S/C106H132O8S8/c1-99(2,3)77-45-61-37-69-53-81(103(13,14)15)55-71-39-63-47-78(100(4,5)6)48-64(86(63)108)40-72-56-82(104(16,17)18)54-70(38-62(46-77)85(61)107)90(72)112-30-26-34-116-94-93(115-33-25-29-111-89(69)71)119-97(120-94)98-121-95-96(122-98)118-36-28-32-114-92-74-42-66-50-79(101(7,8)9)49-65(87(66)109)41-73-57-83(105(19,20)21)59-75(91(73)113-31-27-35-117-95)43-67-51-80(102(10,11)12)52-68(88(67)110)44-76(92)60-84(58-74)106(22,23)24/h45-60,107-110H,25-44H2,1-24H3. The van der Waals surface area contributed by atoms with E-state index < -0.39 is 0 Å². The van der Waals surface area contributed by atoms with E-state index in [1.807, 2.05) is 94.1 Å². The second kappa shape index (κ2) is 36.0. The maximum Gasteiger partial charge on any atom is 0.126 e. The highest BCUT2D eigenvalue weighted by molar-refractivity contribution is 8.45. The Morgan fingerprint density at radius 2 is 0.328 bits per heavy atom. The summed E-state index contributed by atoms with van der Waals surface area (Å²) >= 11 is 15.6. The molecule has 8 aliphatic rings. The Hall–Kier alpha value is -5.82. The summed E-state index contributed by atoms with van der Waals surface area (Å²) in [6.45, 7) is 56.5. The quantitative estimate of drug-likeness (QED) is 0.115. The van der Waals surface area contributed by atoms with E-state index >= 15 is 0 Å². The third-order valence-corrected chi connectivity index (χ3v) is 36.2. The number of hydrogen-bond acceptors (Lipinski definition) is 16. The van der Waals surface area contributed by atoms with Gasteiger partial charge in [0.25, 0.3) is 0 Å². The second-order valence-electron chi connectivity index (χ2n) is 42.8. The van der Waals surface area contributed by atoms with Gasteiger partial charge < -0.3 is 39.4 Å². The van der Waals surface area contributed by atoms with Gasteiger partial charge in [-0.05, 0) is 203 Å². The molecule has 2 aliphatic carbocycles. The molecular formula is C106H132O8S8. The van der Waals surface area contributed by atoms with Crippen LogP contribution in [-0.4, -0.2) is 69.9 Å². The molecule has 0 aromatic heterocycles. The molecule has 6 aliphatic heterocycles. The van der Waals surface area contributed by atoms with Crippen LogP contribution >= 0.6 is 94.1 Å². The monoisotopic (exact) mass is 1790 g/mol. The van der Waals surface area contributed by atoms with E-state index in [0.717, 1.165) is 161 Å². The number of benzene rings is 8. The molecule has 8 aromatic carbocycles. The van der Waals surface area contributed by atoms with Crippen LogP contribution in [0.1, 0.15) is 325 Å². The lowest BCUT2D eigenvalue weighted by molar-refractivity contribution is 0.312. The molecule has 16 heteroatoms. The van der Waals surface area contributed by atoms with Crippen molar-refractivity contribution in [3.8, 4) is 46.0 Å². The maximum atomic E-state index is 13.0. The molecule has 0 radical (unpaired) electrons. The normalized spacial score (nSPS) is 17.4. The first-order valence-electron chi connectivity index (χ1n) is 44.1. The minimum Gasteiger partial charge on any atom is -0.507 e. The van der Waals surface area contributed by atoms with Crippen molar-refractivity contribution in [1.82, 2.24) is 0 Å². The highest BCUT2D eigenvalue weighted by Crippen LogP contribution is 2.67. The van der Waals surface area contributed by atoms with E-state index in [0.29, 0.717) is 101 Å². The van der Waals surface area contributed by atoms with Crippen molar-refractivity contribution in [2.24, 2.45) is 0 Å². The smallest absolute Gasteiger partial charge is 0.126 e. The first-order valence-corrected chi connectivity index (χ1v) is 51.3. The first-order chi connectivity index (χ1) is 57.1. The Labute approximate surface area is 765 Å². The summed E-state index contributed by atoms with van der Waals surface area (Å²) < 4.78 is 37.5. The van der Waals surface area contributed by atoms with Crippen LogP contribution in [0.4, 0.5) is 0 Å². The molecule has 4 N–H and O–H groups in total. The van der Waals surface area contributed by atoms with E-state index in [2.05, 4.69) is 263 Å². The third kappa shape index (κ3) is 21.3. The van der Waals surface area contributed by atoms with Crippen LogP contribution < -0.4 is 18.9 Å². The molecule has 0 amide bonds. The number of hydrogen-bond donors (Lipinski definition) is 4. The topological polar surface area (TPSA) is 118 Å². The van der Waals surface area contributed by atoms with Crippen LogP contribution in [0.3, 0.4) is 0 Å². The summed E-state index contributed by atoms with van der Waals surface area (Å²) in [5.74, 6) is 8.01. The molecule has 16 rings (SSSR count). The number of phenolic OH excluding ortho intramolecular Hbond substituents is 4. The van der Waals surface area contributed by atoms with Crippen LogP contribution in [0.15, 0.2) is 122 Å². The lowest BCUT2D eigenvalue weighted by atomic mass is 9.79. The molecule has 0 fully saturated rings. The SMILES string of the molecule is CC(C)(C)c1cc2c(O)c(c1)Cc1cc(C(C)(C)C)cc3c1OCCCSC1=C(SCCCOc4c(cc(C(C)(C)C)cc4Cc4cc(C(C)(C)C)cc(c4O)C3)C2)SC(=C2SC3=C(SCCCOc4c5cc(C(C)(C)C)cc4Cc4cc(C(C)(C)C)cc(c4O)Cc4cc(C(C)(C)C)cc(c4OCCCS3)Cc3cc(C(C)(C)C)cc(c3O)C5)S2)S1. The van der Waals surface area contributed by atoms with Gasteiger partial charge in [0.2, 0.25) is 0 Å². The van der Waals surface area contributed by atoms with Gasteiger partial charge in [-0.25, -0.2) is 0 Å². The number of aromatic hydroxyl groups is 4. The second-order valence-corrected chi connectivity index (χ2v) is 52.9. The fraction of sp³-hybridized carbons (Fsp3) is 0.491. The highest BCUT2D eigenvalue weighted by atomic mass is 32.3. The summed E-state index contributed by atoms with van der Waals surface area (Å²) in [6.07, 6.45) is 6.88. The van der Waals surface area contributed by atoms with Crippen LogP contribution in [0.25, 0.3) is 0 Å². The van der Waals surface area contributed by atoms with Gasteiger partial charge in [0.05, 0.1) is 51.9 Å². The van der Waals surface area contributed by atoms with E-state index in [1.54, 1.807) is 0 Å². The zero-order valence-electron chi connectivity index (χ0n) is 77.1. The minimum absolute atomic E-state index is 0.213. The summed E-state index contributed by atoms with van der Waals surface area (Å²) in [5.41, 5.74) is 22.9.